The number of benzene rings is 1. The maximum atomic E-state index is 11.4. The van der Waals surface area contributed by atoms with Crippen molar-refractivity contribution in [1.82, 2.24) is 4.98 Å². The second-order valence-electron chi connectivity index (χ2n) is 5.27. The summed E-state index contributed by atoms with van der Waals surface area (Å²) in [5.41, 5.74) is 1.07. The number of methoxy groups -OCH3 is 1. The van der Waals surface area contributed by atoms with E-state index in [1.165, 1.54) is 6.92 Å². The van der Waals surface area contributed by atoms with Crippen molar-refractivity contribution in [3.63, 3.8) is 0 Å². The monoisotopic (exact) mass is 285 g/mol. The summed E-state index contributed by atoms with van der Waals surface area (Å²) in [6.45, 7) is 5.47. The van der Waals surface area contributed by atoms with Gasteiger partial charge in [-0.25, -0.2) is 0 Å². The number of carbonyl (C=O) groups excluding carboxylic acids is 1. The molecule has 2 aromatic rings. The molecule has 2 rings (SSSR count). The van der Waals surface area contributed by atoms with Gasteiger partial charge >= 0.3 is 0 Å². The van der Waals surface area contributed by atoms with Crippen molar-refractivity contribution in [2.24, 2.45) is 0 Å². The van der Waals surface area contributed by atoms with Gasteiger partial charge in [-0.1, -0.05) is 0 Å². The minimum Gasteiger partial charge on any atom is -0.493 e. The smallest absolute Gasteiger partial charge is 0.162 e. The summed E-state index contributed by atoms with van der Waals surface area (Å²) in [6.07, 6.45) is 3.47. The molecular weight excluding hydrogens is 266 g/mol. The molecular formula is C17H19NO3. The van der Waals surface area contributed by atoms with E-state index in [1.807, 2.05) is 26.0 Å². The Balaban J connectivity index is 2.33. The maximum absolute atomic E-state index is 11.4. The zero-order valence-corrected chi connectivity index (χ0v) is 12.7. The highest BCUT2D eigenvalue weighted by atomic mass is 16.5. The van der Waals surface area contributed by atoms with E-state index in [9.17, 15) is 4.79 Å². The SMILES string of the molecule is COc1cc(C(C)=O)ccc1OC(C)(C)c1ccncc1. The molecule has 110 valence electrons. The molecule has 21 heavy (non-hydrogen) atoms. The summed E-state index contributed by atoms with van der Waals surface area (Å²) >= 11 is 0. The first kappa shape index (κ1) is 15.0. The highest BCUT2D eigenvalue weighted by Crippen LogP contribution is 2.34. The van der Waals surface area contributed by atoms with Crippen LogP contribution in [0, 0.1) is 0 Å². The van der Waals surface area contributed by atoms with E-state index in [2.05, 4.69) is 4.98 Å². The van der Waals surface area contributed by atoms with E-state index in [0.717, 1.165) is 5.56 Å². The first-order valence-corrected chi connectivity index (χ1v) is 6.72. The highest BCUT2D eigenvalue weighted by molar-refractivity contribution is 5.94. The molecule has 1 heterocycles. The zero-order chi connectivity index (χ0) is 15.5. The number of nitrogens with zero attached hydrogens (tertiary/aromatic N) is 1. The minimum atomic E-state index is -0.534. The summed E-state index contributed by atoms with van der Waals surface area (Å²) in [4.78, 5) is 15.4. The minimum absolute atomic E-state index is 0.00626. The van der Waals surface area contributed by atoms with Gasteiger partial charge in [-0.15, -0.1) is 0 Å². The molecule has 0 N–H and O–H groups in total. The molecule has 0 radical (unpaired) electrons. The molecule has 1 aromatic heterocycles. The number of Topliss-reactive ketones (excluding diaryl/α,β-unsaturated/α-hetero) is 1. The van der Waals surface area contributed by atoms with Gasteiger partial charge in [0.2, 0.25) is 0 Å². The molecule has 0 aliphatic rings. The van der Waals surface area contributed by atoms with Crippen molar-refractivity contribution in [3.8, 4) is 11.5 Å². The molecule has 0 aliphatic carbocycles. The molecule has 0 unspecified atom stereocenters. The summed E-state index contributed by atoms with van der Waals surface area (Å²) in [5, 5.41) is 0. The first-order chi connectivity index (χ1) is 9.94. The highest BCUT2D eigenvalue weighted by Gasteiger charge is 2.24. The van der Waals surface area contributed by atoms with E-state index in [-0.39, 0.29) is 5.78 Å². The number of carbonyl (C=O) groups is 1. The van der Waals surface area contributed by atoms with Crippen LogP contribution in [0.15, 0.2) is 42.7 Å². The molecule has 4 nitrogen and oxygen atoms in total. The maximum Gasteiger partial charge on any atom is 0.162 e. The molecule has 0 saturated heterocycles. The van der Waals surface area contributed by atoms with Crippen molar-refractivity contribution in [3.05, 3.63) is 53.9 Å². The van der Waals surface area contributed by atoms with Crippen molar-refractivity contribution < 1.29 is 14.3 Å². The number of rotatable bonds is 5. The van der Waals surface area contributed by atoms with Crippen molar-refractivity contribution in [2.45, 2.75) is 26.4 Å². The lowest BCUT2D eigenvalue weighted by molar-refractivity contribution is 0.101. The van der Waals surface area contributed by atoms with Gasteiger partial charge in [-0.3, -0.25) is 9.78 Å². The Morgan fingerprint density at radius 2 is 1.76 bits per heavy atom. The van der Waals surface area contributed by atoms with Crippen LogP contribution in [0.1, 0.15) is 36.7 Å². The fourth-order valence-electron chi connectivity index (χ4n) is 2.06. The summed E-state index contributed by atoms with van der Waals surface area (Å²) in [6, 6.07) is 9.02. The molecule has 0 bridgehead atoms. The van der Waals surface area contributed by atoms with Crippen LogP contribution in [-0.4, -0.2) is 17.9 Å². The van der Waals surface area contributed by atoms with Crippen LogP contribution in [0.4, 0.5) is 0 Å². The fraction of sp³-hybridized carbons (Fsp3) is 0.294. The van der Waals surface area contributed by atoms with E-state index < -0.39 is 5.60 Å². The zero-order valence-electron chi connectivity index (χ0n) is 12.7. The number of ether oxygens (including phenoxy) is 2. The van der Waals surface area contributed by atoms with Gasteiger partial charge in [-0.2, -0.15) is 0 Å². The fourth-order valence-corrected chi connectivity index (χ4v) is 2.06. The summed E-state index contributed by atoms with van der Waals surface area (Å²) in [5.74, 6) is 1.14. The van der Waals surface area contributed by atoms with Crippen LogP contribution < -0.4 is 9.47 Å². The number of aromatic nitrogens is 1. The molecule has 0 fully saturated rings. The van der Waals surface area contributed by atoms with Gasteiger partial charge in [0, 0.05) is 18.0 Å². The predicted octanol–water partition coefficient (Wildman–Crippen LogP) is 3.61. The van der Waals surface area contributed by atoms with Crippen LogP contribution in [-0.2, 0) is 5.60 Å². The average molecular weight is 285 g/mol. The Morgan fingerprint density at radius 1 is 1.10 bits per heavy atom. The molecule has 0 amide bonds. The topological polar surface area (TPSA) is 48.4 Å². The quantitative estimate of drug-likeness (QED) is 0.787. The van der Waals surface area contributed by atoms with E-state index in [1.54, 1.807) is 37.7 Å². The van der Waals surface area contributed by atoms with Crippen LogP contribution in [0.25, 0.3) is 0 Å². The van der Waals surface area contributed by atoms with Crippen LogP contribution in [0.2, 0.25) is 0 Å². The van der Waals surface area contributed by atoms with Gasteiger partial charge in [0.25, 0.3) is 0 Å². The van der Waals surface area contributed by atoms with E-state index >= 15 is 0 Å². The summed E-state index contributed by atoms with van der Waals surface area (Å²) < 4.78 is 11.4. The van der Waals surface area contributed by atoms with Crippen LogP contribution in [0.5, 0.6) is 11.5 Å². The molecule has 0 spiro atoms. The van der Waals surface area contributed by atoms with Crippen LogP contribution >= 0.6 is 0 Å². The van der Waals surface area contributed by atoms with Crippen LogP contribution in [0.3, 0.4) is 0 Å². The van der Waals surface area contributed by atoms with Crippen molar-refractivity contribution in [1.29, 1.82) is 0 Å². The molecule has 0 atom stereocenters. The Labute approximate surface area is 124 Å². The average Bonchev–Trinajstić information content (AvgIpc) is 2.48. The Hall–Kier alpha value is -2.36. The molecule has 0 saturated carbocycles. The third-order valence-electron chi connectivity index (χ3n) is 3.31. The number of ketones is 1. The van der Waals surface area contributed by atoms with Gasteiger partial charge in [0.05, 0.1) is 7.11 Å². The standard InChI is InChI=1S/C17H19NO3/c1-12(19)13-5-6-15(16(11-13)20-4)21-17(2,3)14-7-9-18-10-8-14/h5-11H,1-4H3. The normalized spacial score (nSPS) is 11.0. The van der Waals surface area contributed by atoms with Crippen molar-refractivity contribution >= 4 is 5.78 Å². The third-order valence-corrected chi connectivity index (χ3v) is 3.31. The second kappa shape index (κ2) is 5.95. The van der Waals surface area contributed by atoms with Gasteiger partial charge < -0.3 is 9.47 Å². The lowest BCUT2D eigenvalue weighted by Crippen LogP contribution is -2.25. The van der Waals surface area contributed by atoms with Gasteiger partial charge in [0.15, 0.2) is 17.3 Å². The lowest BCUT2D eigenvalue weighted by Gasteiger charge is -2.27. The third kappa shape index (κ3) is 3.40. The summed E-state index contributed by atoms with van der Waals surface area (Å²) in [7, 11) is 1.56. The number of hydrogen-bond donors (Lipinski definition) is 0. The second-order valence-corrected chi connectivity index (χ2v) is 5.27. The Kier molecular flexibility index (Phi) is 4.26. The van der Waals surface area contributed by atoms with E-state index in [4.69, 9.17) is 9.47 Å². The lowest BCUT2D eigenvalue weighted by atomic mass is 9.99. The number of pyridine rings is 1. The van der Waals surface area contributed by atoms with Crippen molar-refractivity contribution in [2.75, 3.05) is 7.11 Å². The Bertz CT molecular complexity index is 636. The Morgan fingerprint density at radius 3 is 2.33 bits per heavy atom. The van der Waals surface area contributed by atoms with Gasteiger partial charge in [0.1, 0.15) is 5.60 Å². The van der Waals surface area contributed by atoms with Gasteiger partial charge in [-0.05, 0) is 56.7 Å². The predicted molar refractivity (Wildman–Crippen MR) is 80.9 cm³/mol. The first-order valence-electron chi connectivity index (χ1n) is 6.72. The molecule has 0 aliphatic heterocycles. The molecule has 4 heteroatoms. The molecule has 1 aromatic carbocycles. The largest absolute Gasteiger partial charge is 0.493 e. The number of hydrogen-bond acceptors (Lipinski definition) is 4. The van der Waals surface area contributed by atoms with E-state index in [0.29, 0.717) is 17.1 Å².